The van der Waals surface area contributed by atoms with Gasteiger partial charge in [0, 0.05) is 40.4 Å². The number of para-hydroxylation sites is 1. The van der Waals surface area contributed by atoms with Gasteiger partial charge < -0.3 is 10.2 Å². The molecule has 186 valence electrons. The van der Waals surface area contributed by atoms with Crippen LogP contribution in [0.1, 0.15) is 35.2 Å². The van der Waals surface area contributed by atoms with E-state index in [4.69, 9.17) is 5.10 Å². The van der Waals surface area contributed by atoms with Crippen molar-refractivity contribution in [2.45, 2.75) is 19.3 Å². The average Bonchev–Trinajstić information content (AvgIpc) is 3.38. The fourth-order valence-corrected chi connectivity index (χ4v) is 4.66. The Bertz CT molecular complexity index is 1410. The first-order valence-electron chi connectivity index (χ1n) is 12.4. The first kappa shape index (κ1) is 24.7. The van der Waals surface area contributed by atoms with Crippen molar-refractivity contribution in [2.75, 3.05) is 13.1 Å². The maximum atomic E-state index is 13.7. The average molecular weight is 555 g/mol. The molecule has 1 aliphatic heterocycles. The molecule has 0 bridgehead atoms. The Balaban J connectivity index is 1.58. The lowest BCUT2D eigenvalue weighted by Gasteiger charge is -2.27. The Kier molecular flexibility index (Phi) is 7.61. The molecular weight excluding hydrogens is 528 g/mol. The molecule has 1 saturated heterocycles. The monoisotopic (exact) mass is 554 g/mol. The zero-order valence-corrected chi connectivity index (χ0v) is 21.9. The van der Waals surface area contributed by atoms with E-state index >= 15 is 0 Å². The van der Waals surface area contributed by atoms with Crippen LogP contribution in [0.2, 0.25) is 0 Å². The van der Waals surface area contributed by atoms with Gasteiger partial charge in [0.1, 0.15) is 11.4 Å². The van der Waals surface area contributed by atoms with Crippen LogP contribution >= 0.6 is 15.9 Å². The summed E-state index contributed by atoms with van der Waals surface area (Å²) in [7, 11) is 0. The van der Waals surface area contributed by atoms with Crippen LogP contribution in [0, 0.1) is 0 Å². The van der Waals surface area contributed by atoms with Gasteiger partial charge in [0.15, 0.2) is 0 Å². The predicted molar refractivity (Wildman–Crippen MR) is 149 cm³/mol. The maximum absolute atomic E-state index is 13.7. The van der Waals surface area contributed by atoms with Crippen LogP contribution in [-0.4, -0.2) is 39.6 Å². The molecular formula is C30H27BrN4O2. The Morgan fingerprint density at radius 2 is 1.49 bits per heavy atom. The van der Waals surface area contributed by atoms with Gasteiger partial charge in [-0.1, -0.05) is 64.5 Å². The molecule has 1 aromatic heterocycles. The molecule has 0 unspecified atom stereocenters. The highest BCUT2D eigenvalue weighted by molar-refractivity contribution is 9.10. The Morgan fingerprint density at radius 3 is 2.16 bits per heavy atom. The number of aromatic nitrogens is 2. The second-order valence-electron chi connectivity index (χ2n) is 8.95. The predicted octanol–water partition coefficient (Wildman–Crippen LogP) is 6.09. The number of carbonyl (C=O) groups excluding carboxylic acids is 2. The topological polar surface area (TPSA) is 67.2 Å². The molecule has 1 fully saturated rings. The zero-order chi connectivity index (χ0) is 25.6. The van der Waals surface area contributed by atoms with Gasteiger partial charge in [-0.2, -0.15) is 5.10 Å². The van der Waals surface area contributed by atoms with Crippen molar-refractivity contribution in [1.29, 1.82) is 0 Å². The Morgan fingerprint density at radius 1 is 0.838 bits per heavy atom. The third kappa shape index (κ3) is 5.89. The van der Waals surface area contributed by atoms with E-state index < -0.39 is 0 Å². The number of nitrogens with zero attached hydrogens (tertiary/aromatic N) is 3. The number of hydrogen-bond donors (Lipinski definition) is 1. The largest absolute Gasteiger partial charge is 0.337 e. The van der Waals surface area contributed by atoms with Crippen LogP contribution < -0.4 is 5.32 Å². The minimum absolute atomic E-state index is 0.184. The Hall–Kier alpha value is -3.97. The van der Waals surface area contributed by atoms with E-state index in [-0.39, 0.29) is 17.5 Å². The molecule has 0 saturated carbocycles. The third-order valence-corrected chi connectivity index (χ3v) is 6.87. The summed E-state index contributed by atoms with van der Waals surface area (Å²) in [6.07, 6.45) is 6.67. The van der Waals surface area contributed by atoms with Crippen molar-refractivity contribution in [3.63, 3.8) is 0 Å². The molecule has 6 nitrogen and oxygen atoms in total. The van der Waals surface area contributed by atoms with E-state index in [1.807, 2.05) is 83.9 Å². The number of halogens is 1. The summed E-state index contributed by atoms with van der Waals surface area (Å²) in [5, 5.41) is 7.76. The zero-order valence-electron chi connectivity index (χ0n) is 20.3. The fraction of sp³-hybridized carbons (Fsp3) is 0.167. The number of carbonyl (C=O) groups is 2. The highest BCUT2D eigenvalue weighted by Gasteiger charge is 2.23. The van der Waals surface area contributed by atoms with Crippen molar-refractivity contribution in [3.05, 3.63) is 112 Å². The number of benzene rings is 3. The molecule has 4 aromatic rings. The smallest absolute Gasteiger partial charge is 0.270 e. The van der Waals surface area contributed by atoms with Crippen molar-refractivity contribution in [2.24, 2.45) is 0 Å². The highest BCUT2D eigenvalue weighted by atomic mass is 79.9. The van der Waals surface area contributed by atoms with E-state index in [0.717, 1.165) is 46.2 Å². The summed E-state index contributed by atoms with van der Waals surface area (Å²) in [6.45, 7) is 1.36. The quantitative estimate of drug-likeness (QED) is 0.293. The van der Waals surface area contributed by atoms with Crippen LogP contribution in [0.25, 0.3) is 23.0 Å². The van der Waals surface area contributed by atoms with Crippen molar-refractivity contribution in [3.8, 4) is 16.9 Å². The molecule has 37 heavy (non-hydrogen) atoms. The van der Waals surface area contributed by atoms with Crippen LogP contribution in [-0.2, 0) is 4.79 Å². The molecule has 0 radical (unpaired) electrons. The number of rotatable bonds is 6. The summed E-state index contributed by atoms with van der Waals surface area (Å²) < 4.78 is 2.68. The van der Waals surface area contributed by atoms with Crippen molar-refractivity contribution in [1.82, 2.24) is 20.0 Å². The molecule has 7 heteroatoms. The minimum atomic E-state index is -0.333. The van der Waals surface area contributed by atoms with E-state index in [9.17, 15) is 9.59 Å². The fourth-order valence-electron chi connectivity index (χ4n) is 4.40. The highest BCUT2D eigenvalue weighted by Crippen LogP contribution is 2.26. The van der Waals surface area contributed by atoms with Crippen LogP contribution in [0.4, 0.5) is 0 Å². The van der Waals surface area contributed by atoms with Crippen molar-refractivity contribution >= 4 is 33.8 Å². The third-order valence-electron chi connectivity index (χ3n) is 6.34. The van der Waals surface area contributed by atoms with Crippen LogP contribution in [0.3, 0.4) is 0 Å². The van der Waals surface area contributed by atoms with Gasteiger partial charge in [-0.05, 0) is 61.7 Å². The second kappa shape index (κ2) is 11.4. The number of amides is 2. The SMILES string of the molecule is O=C(N/C(=C/c1cn(-c2ccccc2)nc1-c1ccccc1)C(=O)N1CCCCC1)c1ccc(Br)cc1. The van der Waals surface area contributed by atoms with E-state index in [1.165, 1.54) is 0 Å². The lowest BCUT2D eigenvalue weighted by molar-refractivity contribution is -0.128. The van der Waals surface area contributed by atoms with Gasteiger partial charge in [0.2, 0.25) is 0 Å². The summed E-state index contributed by atoms with van der Waals surface area (Å²) in [6, 6.07) is 26.7. The van der Waals surface area contributed by atoms with E-state index in [1.54, 1.807) is 22.9 Å². The van der Waals surface area contributed by atoms with Gasteiger partial charge in [-0.25, -0.2) is 4.68 Å². The number of hydrogen-bond acceptors (Lipinski definition) is 3. The van der Waals surface area contributed by atoms with Gasteiger partial charge in [0.25, 0.3) is 11.8 Å². The normalized spacial score (nSPS) is 13.9. The summed E-state index contributed by atoms with van der Waals surface area (Å²) in [5.41, 5.74) is 4.01. The lowest BCUT2D eigenvalue weighted by Crippen LogP contribution is -2.41. The summed E-state index contributed by atoms with van der Waals surface area (Å²) in [4.78, 5) is 28.6. The van der Waals surface area contributed by atoms with E-state index in [0.29, 0.717) is 18.7 Å². The van der Waals surface area contributed by atoms with Crippen LogP contribution in [0.15, 0.2) is 101 Å². The first-order valence-corrected chi connectivity index (χ1v) is 13.2. The molecule has 0 aliphatic carbocycles. The molecule has 1 aliphatic rings. The maximum Gasteiger partial charge on any atom is 0.270 e. The minimum Gasteiger partial charge on any atom is -0.337 e. The van der Waals surface area contributed by atoms with Crippen LogP contribution in [0.5, 0.6) is 0 Å². The number of piperidine rings is 1. The molecule has 5 rings (SSSR count). The first-order chi connectivity index (χ1) is 18.1. The van der Waals surface area contributed by atoms with Crippen molar-refractivity contribution < 1.29 is 9.59 Å². The second-order valence-corrected chi connectivity index (χ2v) is 9.87. The molecule has 2 amide bonds. The van der Waals surface area contributed by atoms with Gasteiger partial charge in [-0.3, -0.25) is 9.59 Å². The molecule has 3 aromatic carbocycles. The van der Waals surface area contributed by atoms with Gasteiger partial charge >= 0.3 is 0 Å². The molecule has 2 heterocycles. The lowest BCUT2D eigenvalue weighted by atomic mass is 10.1. The van der Waals surface area contributed by atoms with Gasteiger partial charge in [-0.15, -0.1) is 0 Å². The Labute approximate surface area is 224 Å². The number of nitrogens with one attached hydrogen (secondary N) is 1. The summed E-state index contributed by atoms with van der Waals surface area (Å²) in [5.74, 6) is -0.516. The summed E-state index contributed by atoms with van der Waals surface area (Å²) >= 11 is 3.40. The molecule has 1 N–H and O–H groups in total. The number of likely N-dealkylation sites (tertiary alicyclic amines) is 1. The van der Waals surface area contributed by atoms with E-state index in [2.05, 4.69) is 21.2 Å². The van der Waals surface area contributed by atoms with Gasteiger partial charge in [0.05, 0.1) is 5.69 Å². The molecule has 0 spiro atoms. The standard InChI is InChI=1S/C30H27BrN4O2/c31-25-16-14-23(15-17-25)29(36)32-27(30(37)34-18-8-3-9-19-34)20-24-21-35(26-12-6-2-7-13-26)33-28(24)22-10-4-1-5-11-22/h1-2,4-7,10-17,20-21H,3,8-9,18-19H2,(H,32,36)/b27-20+. The molecule has 0 atom stereocenters.